The van der Waals surface area contributed by atoms with Gasteiger partial charge >= 0.3 is 0 Å². The summed E-state index contributed by atoms with van der Waals surface area (Å²) >= 11 is 0. The minimum absolute atomic E-state index is 0.0128. The molecule has 0 spiro atoms. The highest BCUT2D eigenvalue weighted by Crippen LogP contribution is 2.28. The number of ether oxygens (including phenoxy) is 1. The molecule has 1 saturated heterocycles. The van der Waals surface area contributed by atoms with Gasteiger partial charge in [-0.05, 0) is 39.0 Å². The number of para-hydroxylation sites is 2. The van der Waals surface area contributed by atoms with Crippen molar-refractivity contribution in [2.24, 2.45) is 0 Å². The molecule has 5 nitrogen and oxygen atoms in total. The lowest BCUT2D eigenvalue weighted by atomic mass is 10.1. The minimum atomic E-state index is -0.0128. The molecule has 0 saturated carbocycles. The number of carbonyl (C=O) groups is 1. The van der Waals surface area contributed by atoms with Gasteiger partial charge in [0, 0.05) is 44.1 Å². The second-order valence-corrected chi connectivity index (χ2v) is 7.43. The van der Waals surface area contributed by atoms with Crippen LogP contribution in [0.25, 0.3) is 0 Å². The number of piperazine rings is 1. The predicted molar refractivity (Wildman–Crippen MR) is 101 cm³/mol. The lowest BCUT2D eigenvalue weighted by Gasteiger charge is -2.36. The molecule has 1 aromatic carbocycles. The Balaban J connectivity index is 1.66. The van der Waals surface area contributed by atoms with E-state index in [1.165, 1.54) is 0 Å². The van der Waals surface area contributed by atoms with Gasteiger partial charge in [0.2, 0.25) is 0 Å². The van der Waals surface area contributed by atoms with E-state index >= 15 is 0 Å². The van der Waals surface area contributed by atoms with Gasteiger partial charge in [-0.15, -0.1) is 0 Å². The molecule has 0 bridgehead atoms. The maximum absolute atomic E-state index is 12.8. The van der Waals surface area contributed by atoms with Crippen LogP contribution in [-0.4, -0.2) is 48.7 Å². The van der Waals surface area contributed by atoms with Crippen molar-refractivity contribution in [2.45, 2.75) is 26.3 Å². The van der Waals surface area contributed by atoms with Crippen LogP contribution in [0.4, 0.5) is 5.69 Å². The Morgan fingerprint density at radius 2 is 1.72 bits per heavy atom. The van der Waals surface area contributed by atoms with Crippen LogP contribution in [0, 0.1) is 0 Å². The molecule has 1 aliphatic rings. The van der Waals surface area contributed by atoms with E-state index < -0.39 is 0 Å². The fourth-order valence-electron chi connectivity index (χ4n) is 3.16. The van der Waals surface area contributed by atoms with Crippen LogP contribution in [0.1, 0.15) is 31.1 Å². The summed E-state index contributed by atoms with van der Waals surface area (Å²) in [6.07, 6.45) is 3.94. The zero-order valence-corrected chi connectivity index (χ0v) is 15.5. The zero-order chi connectivity index (χ0) is 18.0. The lowest BCUT2D eigenvalue weighted by molar-refractivity contribution is 0.0746. The van der Waals surface area contributed by atoms with E-state index in [-0.39, 0.29) is 11.4 Å². The monoisotopic (exact) mass is 341 g/mol. The Morgan fingerprint density at radius 1 is 1.04 bits per heavy atom. The highest BCUT2D eigenvalue weighted by Gasteiger charge is 2.25. The number of rotatable bonds is 3. The van der Waals surface area contributed by atoms with E-state index in [0.29, 0.717) is 0 Å². The van der Waals surface area contributed by atoms with Crippen LogP contribution >= 0.6 is 0 Å². The molecule has 0 radical (unpaired) electrons. The van der Waals surface area contributed by atoms with Crippen molar-refractivity contribution in [1.82, 2.24) is 9.47 Å². The highest BCUT2D eigenvalue weighted by molar-refractivity contribution is 5.94. The molecule has 0 atom stereocenters. The molecule has 2 aromatic rings. The van der Waals surface area contributed by atoms with Crippen molar-refractivity contribution in [3.8, 4) is 5.75 Å². The average Bonchev–Trinajstić information content (AvgIpc) is 3.12. The van der Waals surface area contributed by atoms with E-state index in [9.17, 15) is 4.79 Å². The van der Waals surface area contributed by atoms with Crippen LogP contribution in [0.2, 0.25) is 0 Å². The maximum atomic E-state index is 12.8. The van der Waals surface area contributed by atoms with Crippen LogP contribution < -0.4 is 9.64 Å². The van der Waals surface area contributed by atoms with Crippen LogP contribution in [0.15, 0.2) is 42.7 Å². The van der Waals surface area contributed by atoms with Crippen LogP contribution in [0.3, 0.4) is 0 Å². The molecule has 134 valence electrons. The normalized spacial score (nSPS) is 15.4. The fraction of sp³-hybridized carbons (Fsp3) is 0.450. The average molecular weight is 341 g/mol. The Kier molecular flexibility index (Phi) is 4.75. The van der Waals surface area contributed by atoms with Crippen LogP contribution in [-0.2, 0) is 5.54 Å². The largest absolute Gasteiger partial charge is 0.495 e. The van der Waals surface area contributed by atoms with Gasteiger partial charge in [-0.2, -0.15) is 0 Å². The van der Waals surface area contributed by atoms with Gasteiger partial charge in [-0.3, -0.25) is 4.79 Å². The standard InChI is InChI=1S/C20H27N3O2/c1-20(2,3)23-10-9-16(15-23)19(24)22-13-11-21(12-14-22)17-7-5-6-8-18(17)25-4/h5-10,15H,11-14H2,1-4H3. The Hall–Kier alpha value is -2.43. The summed E-state index contributed by atoms with van der Waals surface area (Å²) < 4.78 is 7.54. The number of hydrogen-bond donors (Lipinski definition) is 0. The number of nitrogens with zero attached hydrogens (tertiary/aromatic N) is 3. The van der Waals surface area contributed by atoms with Crippen molar-refractivity contribution in [3.05, 3.63) is 48.3 Å². The van der Waals surface area contributed by atoms with Crippen molar-refractivity contribution in [3.63, 3.8) is 0 Å². The number of hydrogen-bond acceptors (Lipinski definition) is 3. The summed E-state index contributed by atoms with van der Waals surface area (Å²) in [5.74, 6) is 0.993. The van der Waals surface area contributed by atoms with E-state index in [1.807, 2.05) is 41.6 Å². The zero-order valence-electron chi connectivity index (χ0n) is 15.5. The molecule has 0 aliphatic carbocycles. The second-order valence-electron chi connectivity index (χ2n) is 7.43. The number of aromatic nitrogens is 1. The lowest BCUT2D eigenvalue weighted by Crippen LogP contribution is -2.48. The number of amides is 1. The molecule has 0 N–H and O–H groups in total. The van der Waals surface area contributed by atoms with Crippen molar-refractivity contribution < 1.29 is 9.53 Å². The molecule has 1 amide bonds. The van der Waals surface area contributed by atoms with Crippen molar-refractivity contribution in [1.29, 1.82) is 0 Å². The second kappa shape index (κ2) is 6.82. The molecule has 1 aromatic heterocycles. The highest BCUT2D eigenvalue weighted by atomic mass is 16.5. The van der Waals surface area contributed by atoms with E-state index in [4.69, 9.17) is 4.74 Å². The van der Waals surface area contributed by atoms with Gasteiger partial charge in [0.15, 0.2) is 0 Å². The number of carbonyl (C=O) groups excluding carboxylic acids is 1. The Bertz CT molecular complexity index is 737. The van der Waals surface area contributed by atoms with Gasteiger partial charge in [-0.25, -0.2) is 0 Å². The van der Waals surface area contributed by atoms with Gasteiger partial charge in [0.25, 0.3) is 5.91 Å². The van der Waals surface area contributed by atoms with Gasteiger partial charge in [0.1, 0.15) is 5.75 Å². The molecular formula is C20H27N3O2. The summed E-state index contributed by atoms with van der Waals surface area (Å²) in [6, 6.07) is 9.95. The first kappa shape index (κ1) is 17.4. The van der Waals surface area contributed by atoms with Gasteiger partial charge in [0.05, 0.1) is 18.4 Å². The molecule has 1 fully saturated rings. The summed E-state index contributed by atoms with van der Waals surface area (Å²) in [5, 5.41) is 0. The molecular weight excluding hydrogens is 314 g/mol. The molecule has 5 heteroatoms. The van der Waals surface area contributed by atoms with Gasteiger partial charge < -0.3 is 19.1 Å². The topological polar surface area (TPSA) is 37.7 Å². The Labute approximate surface area is 149 Å². The summed E-state index contributed by atoms with van der Waals surface area (Å²) in [4.78, 5) is 17.0. The first-order valence-electron chi connectivity index (χ1n) is 8.76. The molecule has 3 rings (SSSR count). The number of methoxy groups -OCH3 is 1. The molecule has 2 heterocycles. The maximum Gasteiger partial charge on any atom is 0.255 e. The van der Waals surface area contributed by atoms with Crippen molar-refractivity contribution in [2.75, 3.05) is 38.2 Å². The van der Waals surface area contributed by atoms with Crippen LogP contribution in [0.5, 0.6) is 5.75 Å². The third-order valence-electron chi connectivity index (χ3n) is 4.71. The molecule has 1 aliphatic heterocycles. The molecule has 0 unspecified atom stereocenters. The first-order chi connectivity index (χ1) is 11.9. The number of benzene rings is 1. The van der Waals surface area contributed by atoms with Gasteiger partial charge in [-0.1, -0.05) is 12.1 Å². The quantitative estimate of drug-likeness (QED) is 0.860. The minimum Gasteiger partial charge on any atom is -0.495 e. The van der Waals surface area contributed by atoms with E-state index in [1.54, 1.807) is 7.11 Å². The SMILES string of the molecule is COc1ccccc1N1CCN(C(=O)c2ccn(C(C)(C)C)c2)CC1. The smallest absolute Gasteiger partial charge is 0.255 e. The fourth-order valence-corrected chi connectivity index (χ4v) is 3.16. The first-order valence-corrected chi connectivity index (χ1v) is 8.76. The van der Waals surface area contributed by atoms with E-state index in [0.717, 1.165) is 43.2 Å². The predicted octanol–water partition coefficient (Wildman–Crippen LogP) is 3.21. The summed E-state index contributed by atoms with van der Waals surface area (Å²) in [7, 11) is 1.69. The Morgan fingerprint density at radius 3 is 2.32 bits per heavy atom. The molecule has 25 heavy (non-hydrogen) atoms. The number of anilines is 1. The summed E-state index contributed by atoms with van der Waals surface area (Å²) in [6.45, 7) is 9.46. The third-order valence-corrected chi connectivity index (χ3v) is 4.71. The third kappa shape index (κ3) is 3.65. The van der Waals surface area contributed by atoms with E-state index in [2.05, 4.69) is 36.3 Å². The van der Waals surface area contributed by atoms with Crippen molar-refractivity contribution >= 4 is 11.6 Å². The summed E-state index contributed by atoms with van der Waals surface area (Å²) in [5.41, 5.74) is 1.85.